The Bertz CT molecular complexity index is 1110. The van der Waals surface area contributed by atoms with E-state index < -0.39 is 20.4 Å². The third-order valence-corrected chi connectivity index (χ3v) is 6.18. The quantitative estimate of drug-likeness (QED) is 0.452. The number of hydrogen-bond acceptors (Lipinski definition) is 7. The summed E-state index contributed by atoms with van der Waals surface area (Å²) in [5.41, 5.74) is 1.81. The van der Waals surface area contributed by atoms with E-state index in [1.807, 2.05) is 35.7 Å². The zero-order chi connectivity index (χ0) is 20.3. The van der Waals surface area contributed by atoms with E-state index in [2.05, 4.69) is 5.32 Å². The van der Waals surface area contributed by atoms with Crippen molar-refractivity contribution < 1.29 is 18.1 Å². The molecular formula is C19H18N2O5S2. The summed E-state index contributed by atoms with van der Waals surface area (Å²) in [5.74, 6) is 0.777. The Morgan fingerprint density at radius 3 is 2.46 bits per heavy atom. The summed E-state index contributed by atoms with van der Waals surface area (Å²) < 4.78 is 28.9. The van der Waals surface area contributed by atoms with Gasteiger partial charge in [-0.25, -0.2) is 8.42 Å². The molecule has 0 saturated heterocycles. The van der Waals surface area contributed by atoms with Crippen LogP contribution in [0, 0.1) is 10.1 Å². The molecule has 0 spiro atoms. The van der Waals surface area contributed by atoms with Crippen LogP contribution < -0.4 is 10.1 Å². The number of anilines is 1. The lowest BCUT2D eigenvalue weighted by molar-refractivity contribution is -0.386. The fourth-order valence-electron chi connectivity index (χ4n) is 2.74. The molecule has 0 aliphatic heterocycles. The van der Waals surface area contributed by atoms with E-state index in [-0.39, 0.29) is 10.6 Å². The number of nitro benzene ring substituents is 1. The topological polar surface area (TPSA) is 98.5 Å². The molecule has 1 N–H and O–H groups in total. The molecule has 3 aromatic rings. The number of sulfone groups is 1. The van der Waals surface area contributed by atoms with Gasteiger partial charge in [0.05, 0.1) is 12.0 Å². The Kier molecular flexibility index (Phi) is 5.66. The van der Waals surface area contributed by atoms with E-state index in [0.29, 0.717) is 6.54 Å². The van der Waals surface area contributed by atoms with E-state index in [9.17, 15) is 18.5 Å². The Morgan fingerprint density at radius 2 is 1.86 bits per heavy atom. The zero-order valence-corrected chi connectivity index (χ0v) is 16.8. The minimum Gasteiger partial charge on any atom is -0.497 e. The predicted molar refractivity (Wildman–Crippen MR) is 110 cm³/mol. The monoisotopic (exact) mass is 418 g/mol. The fraction of sp³-hybridized carbons (Fsp3) is 0.158. The molecule has 0 saturated carbocycles. The van der Waals surface area contributed by atoms with Crippen molar-refractivity contribution in [1.82, 2.24) is 0 Å². The molecule has 7 nitrogen and oxygen atoms in total. The Balaban J connectivity index is 1.81. The largest absolute Gasteiger partial charge is 0.497 e. The SMILES string of the molecule is COc1ccc(-c2csc(CNc3cccc(S(C)(=O)=O)c3[N+](=O)[O-])c2)cc1. The number of nitro groups is 1. The lowest BCUT2D eigenvalue weighted by Crippen LogP contribution is -2.07. The number of thiophene rings is 1. The molecule has 146 valence electrons. The molecule has 0 bridgehead atoms. The van der Waals surface area contributed by atoms with Crippen LogP contribution in [0.15, 0.2) is 58.8 Å². The number of nitrogens with one attached hydrogen (secondary N) is 1. The number of rotatable bonds is 7. The number of benzene rings is 2. The van der Waals surface area contributed by atoms with Crippen molar-refractivity contribution in [2.24, 2.45) is 0 Å². The van der Waals surface area contributed by atoms with Gasteiger partial charge in [-0.2, -0.15) is 0 Å². The highest BCUT2D eigenvalue weighted by atomic mass is 32.2. The third-order valence-electron chi connectivity index (χ3n) is 4.11. The molecule has 2 aromatic carbocycles. The second kappa shape index (κ2) is 7.99. The smallest absolute Gasteiger partial charge is 0.310 e. The van der Waals surface area contributed by atoms with E-state index in [1.54, 1.807) is 7.11 Å². The van der Waals surface area contributed by atoms with Gasteiger partial charge < -0.3 is 10.1 Å². The first kappa shape index (κ1) is 19.8. The molecule has 9 heteroatoms. The van der Waals surface area contributed by atoms with Crippen molar-refractivity contribution >= 4 is 32.5 Å². The van der Waals surface area contributed by atoms with Gasteiger partial charge in [-0.1, -0.05) is 18.2 Å². The first-order valence-corrected chi connectivity index (χ1v) is 11.0. The van der Waals surface area contributed by atoms with Gasteiger partial charge in [-0.05, 0) is 46.8 Å². The van der Waals surface area contributed by atoms with Gasteiger partial charge in [-0.3, -0.25) is 10.1 Å². The molecule has 0 amide bonds. The summed E-state index contributed by atoms with van der Waals surface area (Å²) in [6.45, 7) is 0.342. The van der Waals surface area contributed by atoms with Crippen LogP contribution in [0.1, 0.15) is 4.88 Å². The van der Waals surface area contributed by atoms with Gasteiger partial charge in [0.2, 0.25) is 0 Å². The number of para-hydroxylation sites is 1. The Morgan fingerprint density at radius 1 is 1.14 bits per heavy atom. The molecule has 0 aliphatic carbocycles. The van der Waals surface area contributed by atoms with Crippen molar-refractivity contribution in [3.63, 3.8) is 0 Å². The fourth-order valence-corrected chi connectivity index (χ4v) is 4.44. The molecule has 0 aliphatic rings. The first-order valence-electron chi connectivity index (χ1n) is 8.23. The van der Waals surface area contributed by atoms with Gasteiger partial charge in [0, 0.05) is 17.7 Å². The maximum absolute atomic E-state index is 11.9. The molecule has 28 heavy (non-hydrogen) atoms. The van der Waals surface area contributed by atoms with Crippen molar-refractivity contribution in [3.8, 4) is 16.9 Å². The van der Waals surface area contributed by atoms with Crippen molar-refractivity contribution in [2.45, 2.75) is 11.4 Å². The molecule has 0 atom stereocenters. The number of nitrogens with zero attached hydrogens (tertiary/aromatic N) is 1. The summed E-state index contributed by atoms with van der Waals surface area (Å²) in [4.78, 5) is 11.4. The highest BCUT2D eigenvalue weighted by Crippen LogP contribution is 2.33. The van der Waals surface area contributed by atoms with Crippen LogP contribution in [-0.4, -0.2) is 26.7 Å². The van der Waals surface area contributed by atoms with Gasteiger partial charge in [0.1, 0.15) is 16.3 Å². The van der Waals surface area contributed by atoms with Crippen LogP contribution in [0.4, 0.5) is 11.4 Å². The molecular weight excluding hydrogens is 400 g/mol. The van der Waals surface area contributed by atoms with E-state index >= 15 is 0 Å². The normalized spacial score (nSPS) is 11.2. The van der Waals surface area contributed by atoms with Gasteiger partial charge in [0.25, 0.3) is 0 Å². The van der Waals surface area contributed by atoms with Crippen molar-refractivity contribution in [2.75, 3.05) is 18.7 Å². The van der Waals surface area contributed by atoms with Gasteiger partial charge in [-0.15, -0.1) is 11.3 Å². The number of hydrogen-bond donors (Lipinski definition) is 1. The summed E-state index contributed by atoms with van der Waals surface area (Å²) in [6.07, 6.45) is 0.958. The van der Waals surface area contributed by atoms with E-state index in [0.717, 1.165) is 28.0 Å². The maximum atomic E-state index is 11.9. The van der Waals surface area contributed by atoms with Crippen LogP contribution in [0.2, 0.25) is 0 Å². The minimum atomic E-state index is -3.71. The Labute approximate surface area is 166 Å². The summed E-state index contributed by atoms with van der Waals surface area (Å²) in [5, 5.41) is 16.4. The minimum absolute atomic E-state index is 0.173. The molecule has 1 heterocycles. The van der Waals surface area contributed by atoms with Crippen LogP contribution in [0.3, 0.4) is 0 Å². The second-order valence-corrected chi connectivity index (χ2v) is 9.05. The third kappa shape index (κ3) is 4.32. The maximum Gasteiger partial charge on any atom is 0.310 e. The van der Waals surface area contributed by atoms with E-state index in [1.165, 1.54) is 29.5 Å². The molecule has 0 unspecified atom stereocenters. The van der Waals surface area contributed by atoms with Crippen LogP contribution >= 0.6 is 11.3 Å². The average molecular weight is 418 g/mol. The van der Waals surface area contributed by atoms with Crippen LogP contribution in [0.25, 0.3) is 11.1 Å². The zero-order valence-electron chi connectivity index (χ0n) is 15.2. The first-order chi connectivity index (χ1) is 13.3. The van der Waals surface area contributed by atoms with Gasteiger partial charge >= 0.3 is 5.69 Å². The molecule has 0 fully saturated rings. The molecule has 1 aromatic heterocycles. The summed E-state index contributed by atoms with van der Waals surface area (Å²) >= 11 is 1.52. The Hall–Kier alpha value is -2.91. The molecule has 3 rings (SSSR count). The lowest BCUT2D eigenvalue weighted by Gasteiger charge is -2.08. The summed E-state index contributed by atoms with van der Waals surface area (Å²) in [7, 11) is -2.10. The van der Waals surface area contributed by atoms with Crippen molar-refractivity contribution in [1.29, 1.82) is 0 Å². The lowest BCUT2D eigenvalue weighted by atomic mass is 10.1. The number of ether oxygens (including phenoxy) is 1. The number of methoxy groups -OCH3 is 1. The van der Waals surface area contributed by atoms with E-state index in [4.69, 9.17) is 4.74 Å². The van der Waals surface area contributed by atoms with Crippen LogP contribution in [0.5, 0.6) is 5.75 Å². The highest BCUT2D eigenvalue weighted by Gasteiger charge is 2.26. The summed E-state index contributed by atoms with van der Waals surface area (Å²) in [6, 6.07) is 13.9. The van der Waals surface area contributed by atoms with Crippen LogP contribution in [-0.2, 0) is 16.4 Å². The second-order valence-electron chi connectivity index (χ2n) is 6.07. The average Bonchev–Trinajstić information content (AvgIpc) is 3.14. The molecule has 0 radical (unpaired) electrons. The standard InChI is InChI=1S/C19H18N2O5S2/c1-26-15-8-6-13(7-9-15)14-10-16(27-12-14)11-20-17-4-3-5-18(28(2,24)25)19(17)21(22)23/h3-10,12,20H,11H2,1-2H3. The van der Waals surface area contributed by atoms with Gasteiger partial charge in [0.15, 0.2) is 9.84 Å². The highest BCUT2D eigenvalue weighted by molar-refractivity contribution is 7.90. The van der Waals surface area contributed by atoms with Crippen molar-refractivity contribution in [3.05, 3.63) is 68.9 Å². The predicted octanol–water partition coefficient (Wildman–Crippen LogP) is 4.35.